The van der Waals surface area contributed by atoms with Crippen LogP contribution in [0.25, 0.3) is 0 Å². The molecule has 0 saturated heterocycles. The fraction of sp³-hybridized carbons (Fsp3) is 0.556. The van der Waals surface area contributed by atoms with Gasteiger partial charge < -0.3 is 0 Å². The quantitative estimate of drug-likeness (QED) is 0.644. The number of rotatable bonds is 2. The highest BCUT2D eigenvalue weighted by Gasteiger charge is 1.97. The van der Waals surface area contributed by atoms with Crippen molar-refractivity contribution in [2.75, 3.05) is 0 Å². The lowest BCUT2D eigenvalue weighted by molar-refractivity contribution is 0.642. The maximum Gasteiger partial charge on any atom is 0.125 e. The lowest BCUT2D eigenvalue weighted by atomic mass is 10.1. The molecule has 1 rings (SSSR count). The highest BCUT2D eigenvalue weighted by Crippen LogP contribution is 2.04. The van der Waals surface area contributed by atoms with E-state index >= 15 is 0 Å². The van der Waals surface area contributed by atoms with Gasteiger partial charge in [-0.1, -0.05) is 13.8 Å². The first-order chi connectivity index (χ1) is 5.18. The zero-order valence-corrected chi connectivity index (χ0v) is 7.33. The van der Waals surface area contributed by atoms with Gasteiger partial charge >= 0.3 is 0 Å². The van der Waals surface area contributed by atoms with Gasteiger partial charge in [-0.05, 0) is 24.8 Å². The van der Waals surface area contributed by atoms with Gasteiger partial charge in [0.25, 0.3) is 0 Å². The number of nitrogens with zero attached hydrogens (tertiary/aromatic N) is 2. The summed E-state index contributed by atoms with van der Waals surface area (Å²) in [5.41, 5.74) is 1.23. The van der Waals surface area contributed by atoms with Crippen molar-refractivity contribution in [3.8, 4) is 0 Å². The van der Waals surface area contributed by atoms with E-state index in [0.717, 1.165) is 12.2 Å². The minimum absolute atomic E-state index is 0.682. The molecule has 1 aromatic heterocycles. The molecular weight excluding hydrogens is 136 g/mol. The largest absolute Gasteiger partial charge is 0.241 e. The van der Waals surface area contributed by atoms with E-state index < -0.39 is 0 Å². The first kappa shape index (κ1) is 8.18. The maximum absolute atomic E-state index is 4.12. The Morgan fingerprint density at radius 3 is 2.27 bits per heavy atom. The van der Waals surface area contributed by atoms with E-state index in [2.05, 4.69) is 23.8 Å². The van der Waals surface area contributed by atoms with Crippen LogP contribution in [0.2, 0.25) is 0 Å². The number of hydrogen-bond donors (Lipinski definition) is 0. The molecular formula is C9H14N2. The first-order valence-corrected chi connectivity index (χ1v) is 3.96. The SMILES string of the molecule is Cc1ncc(CC(C)C)cn1. The Morgan fingerprint density at radius 2 is 1.82 bits per heavy atom. The van der Waals surface area contributed by atoms with E-state index in [1.165, 1.54) is 5.56 Å². The molecule has 0 aliphatic carbocycles. The average Bonchev–Trinajstić information content (AvgIpc) is 1.93. The molecule has 2 heteroatoms. The van der Waals surface area contributed by atoms with Gasteiger partial charge in [0.05, 0.1) is 0 Å². The van der Waals surface area contributed by atoms with Crippen molar-refractivity contribution >= 4 is 0 Å². The van der Waals surface area contributed by atoms with E-state index in [1.54, 1.807) is 0 Å². The molecule has 0 radical (unpaired) electrons. The molecule has 2 nitrogen and oxygen atoms in total. The van der Waals surface area contributed by atoms with E-state index in [0.29, 0.717) is 5.92 Å². The zero-order chi connectivity index (χ0) is 8.27. The molecule has 11 heavy (non-hydrogen) atoms. The second kappa shape index (κ2) is 3.46. The first-order valence-electron chi connectivity index (χ1n) is 3.96. The Balaban J connectivity index is 2.66. The van der Waals surface area contributed by atoms with Crippen molar-refractivity contribution in [3.63, 3.8) is 0 Å². The maximum atomic E-state index is 4.12. The molecule has 0 bridgehead atoms. The van der Waals surface area contributed by atoms with Crippen LogP contribution in [0.4, 0.5) is 0 Å². The third-order valence-electron chi connectivity index (χ3n) is 1.48. The van der Waals surface area contributed by atoms with Crippen LogP contribution < -0.4 is 0 Å². The fourth-order valence-corrected chi connectivity index (χ4v) is 0.996. The monoisotopic (exact) mass is 150 g/mol. The number of aryl methyl sites for hydroxylation is 1. The van der Waals surface area contributed by atoms with Crippen LogP contribution in [-0.4, -0.2) is 9.97 Å². The summed E-state index contributed by atoms with van der Waals surface area (Å²) in [6, 6.07) is 0. The predicted octanol–water partition coefficient (Wildman–Crippen LogP) is 1.98. The minimum atomic E-state index is 0.682. The van der Waals surface area contributed by atoms with E-state index in [1.807, 2.05) is 19.3 Å². The Labute approximate surface area is 67.7 Å². The molecule has 0 saturated carbocycles. The van der Waals surface area contributed by atoms with Crippen LogP contribution in [-0.2, 0) is 6.42 Å². The summed E-state index contributed by atoms with van der Waals surface area (Å²) in [4.78, 5) is 8.24. The summed E-state index contributed by atoms with van der Waals surface area (Å²) in [6.45, 7) is 6.29. The van der Waals surface area contributed by atoms with Crippen molar-refractivity contribution < 1.29 is 0 Å². The standard InChI is InChI=1S/C9H14N2/c1-7(2)4-9-5-10-8(3)11-6-9/h5-7H,4H2,1-3H3. The Bertz CT molecular complexity index is 214. The predicted molar refractivity (Wildman–Crippen MR) is 45.3 cm³/mol. The van der Waals surface area contributed by atoms with Crippen LogP contribution >= 0.6 is 0 Å². The molecule has 0 fully saturated rings. The van der Waals surface area contributed by atoms with Crippen molar-refractivity contribution in [2.24, 2.45) is 5.92 Å². The van der Waals surface area contributed by atoms with Gasteiger partial charge in [-0.25, -0.2) is 9.97 Å². The lowest BCUT2D eigenvalue weighted by Gasteiger charge is -2.02. The van der Waals surface area contributed by atoms with Crippen LogP contribution in [0, 0.1) is 12.8 Å². The molecule has 1 aromatic rings. The topological polar surface area (TPSA) is 25.8 Å². The molecule has 0 N–H and O–H groups in total. The van der Waals surface area contributed by atoms with Gasteiger partial charge in [0.2, 0.25) is 0 Å². The van der Waals surface area contributed by atoms with Crippen molar-refractivity contribution in [3.05, 3.63) is 23.8 Å². The summed E-state index contributed by atoms with van der Waals surface area (Å²) in [6.07, 6.45) is 4.88. The van der Waals surface area contributed by atoms with E-state index in [4.69, 9.17) is 0 Å². The fourth-order valence-electron chi connectivity index (χ4n) is 0.996. The van der Waals surface area contributed by atoms with Crippen molar-refractivity contribution in [1.29, 1.82) is 0 Å². The normalized spacial score (nSPS) is 10.5. The molecule has 1 heterocycles. The van der Waals surface area contributed by atoms with Gasteiger partial charge in [-0.2, -0.15) is 0 Å². The third kappa shape index (κ3) is 2.66. The zero-order valence-electron chi connectivity index (χ0n) is 7.33. The van der Waals surface area contributed by atoms with Crippen LogP contribution in [0.3, 0.4) is 0 Å². The molecule has 0 aromatic carbocycles. The molecule has 0 aliphatic heterocycles. The van der Waals surface area contributed by atoms with Crippen LogP contribution in [0.5, 0.6) is 0 Å². The molecule has 0 amide bonds. The second-order valence-corrected chi connectivity index (χ2v) is 3.24. The highest BCUT2D eigenvalue weighted by atomic mass is 14.8. The highest BCUT2D eigenvalue weighted by molar-refractivity contribution is 5.05. The molecule has 60 valence electrons. The third-order valence-corrected chi connectivity index (χ3v) is 1.48. The average molecular weight is 150 g/mol. The van der Waals surface area contributed by atoms with E-state index in [9.17, 15) is 0 Å². The molecule has 0 atom stereocenters. The number of hydrogen-bond acceptors (Lipinski definition) is 2. The van der Waals surface area contributed by atoms with Gasteiger partial charge in [0.15, 0.2) is 0 Å². The van der Waals surface area contributed by atoms with Gasteiger partial charge in [-0.3, -0.25) is 0 Å². The molecule has 0 aliphatic rings. The summed E-state index contributed by atoms with van der Waals surface area (Å²) in [5, 5.41) is 0. The smallest absolute Gasteiger partial charge is 0.125 e. The molecule has 0 unspecified atom stereocenters. The van der Waals surface area contributed by atoms with Crippen LogP contribution in [0.1, 0.15) is 25.2 Å². The summed E-state index contributed by atoms with van der Waals surface area (Å²) in [7, 11) is 0. The minimum Gasteiger partial charge on any atom is -0.241 e. The van der Waals surface area contributed by atoms with Crippen molar-refractivity contribution in [1.82, 2.24) is 9.97 Å². The van der Waals surface area contributed by atoms with Crippen molar-refractivity contribution in [2.45, 2.75) is 27.2 Å². The summed E-state index contributed by atoms with van der Waals surface area (Å²) in [5.74, 6) is 1.53. The number of aromatic nitrogens is 2. The Morgan fingerprint density at radius 1 is 1.27 bits per heavy atom. The van der Waals surface area contributed by atoms with Gasteiger partial charge in [-0.15, -0.1) is 0 Å². The lowest BCUT2D eigenvalue weighted by Crippen LogP contribution is -1.96. The van der Waals surface area contributed by atoms with Crippen LogP contribution in [0.15, 0.2) is 12.4 Å². The second-order valence-electron chi connectivity index (χ2n) is 3.24. The van der Waals surface area contributed by atoms with E-state index in [-0.39, 0.29) is 0 Å². The summed E-state index contributed by atoms with van der Waals surface area (Å²) < 4.78 is 0. The Kier molecular flexibility index (Phi) is 2.58. The Hall–Kier alpha value is -0.920. The molecule has 0 spiro atoms. The van der Waals surface area contributed by atoms with Gasteiger partial charge in [0.1, 0.15) is 5.82 Å². The summed E-state index contributed by atoms with van der Waals surface area (Å²) >= 11 is 0. The van der Waals surface area contributed by atoms with Gasteiger partial charge in [0, 0.05) is 12.4 Å².